The van der Waals surface area contributed by atoms with Crippen LogP contribution in [0.3, 0.4) is 0 Å². The lowest BCUT2D eigenvalue weighted by atomic mass is 9.98. The van der Waals surface area contributed by atoms with Gasteiger partial charge in [-0.2, -0.15) is 0 Å². The van der Waals surface area contributed by atoms with Gasteiger partial charge in [0.05, 0.1) is 24.2 Å². The number of nitro benzene ring substituents is 1. The largest absolute Gasteiger partial charge is 0.318 e. The van der Waals surface area contributed by atoms with Gasteiger partial charge in [0.1, 0.15) is 0 Å². The SMILES string of the molecule is C=C(C(C)=O)C(NP(=S)(OCC)OCC)c1ccc([N+](=O)[O-])cc1. The maximum absolute atomic E-state index is 11.8. The molecule has 0 aliphatic carbocycles. The summed E-state index contributed by atoms with van der Waals surface area (Å²) >= 11 is 5.44. The van der Waals surface area contributed by atoms with Gasteiger partial charge in [-0.1, -0.05) is 18.7 Å². The van der Waals surface area contributed by atoms with Crippen molar-refractivity contribution in [1.82, 2.24) is 5.09 Å². The molecule has 0 bridgehead atoms. The highest BCUT2D eigenvalue weighted by Crippen LogP contribution is 2.47. The van der Waals surface area contributed by atoms with Crippen LogP contribution in [-0.2, 0) is 25.6 Å². The number of hydrogen-bond acceptors (Lipinski definition) is 6. The molecule has 0 amide bonds. The summed E-state index contributed by atoms with van der Waals surface area (Å²) in [6, 6.07) is 5.19. The molecular formula is C15H21N2O5PS. The van der Waals surface area contributed by atoms with E-state index in [0.29, 0.717) is 18.8 Å². The first kappa shape index (κ1) is 20.6. The molecule has 9 heteroatoms. The first-order valence-corrected chi connectivity index (χ1v) is 9.98. The highest BCUT2D eigenvalue weighted by atomic mass is 32.5. The second kappa shape index (κ2) is 9.15. The minimum atomic E-state index is -2.83. The molecule has 24 heavy (non-hydrogen) atoms. The van der Waals surface area contributed by atoms with Crippen molar-refractivity contribution in [2.75, 3.05) is 13.2 Å². The topological polar surface area (TPSA) is 90.7 Å². The number of nitrogens with one attached hydrogen (secondary N) is 1. The predicted molar refractivity (Wildman–Crippen MR) is 96.3 cm³/mol. The number of non-ortho nitro benzene ring substituents is 1. The van der Waals surface area contributed by atoms with Gasteiger partial charge in [-0.15, -0.1) is 0 Å². The van der Waals surface area contributed by atoms with Crippen LogP contribution in [0.25, 0.3) is 0 Å². The number of hydrogen-bond donors (Lipinski definition) is 1. The van der Waals surface area contributed by atoms with Crippen molar-refractivity contribution in [3.63, 3.8) is 0 Å². The average molecular weight is 372 g/mol. The average Bonchev–Trinajstić information content (AvgIpc) is 2.52. The third-order valence-electron chi connectivity index (χ3n) is 3.12. The van der Waals surface area contributed by atoms with Gasteiger partial charge in [-0.3, -0.25) is 14.9 Å². The van der Waals surface area contributed by atoms with Gasteiger partial charge in [0.25, 0.3) is 12.3 Å². The smallest absolute Gasteiger partial charge is 0.269 e. The van der Waals surface area contributed by atoms with E-state index in [2.05, 4.69) is 11.7 Å². The van der Waals surface area contributed by atoms with E-state index >= 15 is 0 Å². The Bertz CT molecular complexity index is 652. The zero-order valence-corrected chi connectivity index (χ0v) is 15.6. The number of nitrogens with zero attached hydrogens (tertiary/aromatic N) is 1. The van der Waals surface area contributed by atoms with Gasteiger partial charge in [-0.25, -0.2) is 5.09 Å². The molecule has 0 spiro atoms. The van der Waals surface area contributed by atoms with E-state index in [0.717, 1.165) is 0 Å². The maximum Gasteiger partial charge on any atom is 0.269 e. The second-order valence-corrected chi connectivity index (χ2v) is 8.04. The van der Waals surface area contributed by atoms with Gasteiger partial charge in [0, 0.05) is 17.7 Å². The van der Waals surface area contributed by atoms with Crippen LogP contribution in [0.5, 0.6) is 0 Å². The van der Waals surface area contributed by atoms with Crippen LogP contribution in [-0.4, -0.2) is 23.9 Å². The van der Waals surface area contributed by atoms with Gasteiger partial charge >= 0.3 is 0 Å². The summed E-state index contributed by atoms with van der Waals surface area (Å²) in [7, 11) is 0. The lowest BCUT2D eigenvalue weighted by Gasteiger charge is -2.28. The fourth-order valence-electron chi connectivity index (χ4n) is 1.96. The summed E-state index contributed by atoms with van der Waals surface area (Å²) in [6.45, 7) is 6.66. The van der Waals surface area contributed by atoms with Gasteiger partial charge in [0.2, 0.25) is 0 Å². The van der Waals surface area contributed by atoms with E-state index in [1.54, 1.807) is 26.0 Å². The molecule has 1 aromatic carbocycles. The number of carbonyl (C=O) groups excluding carboxylic acids is 1. The number of nitro groups is 1. The Balaban J connectivity index is 3.21. The van der Waals surface area contributed by atoms with E-state index in [-0.39, 0.29) is 17.0 Å². The Kier molecular flexibility index (Phi) is 7.86. The number of rotatable bonds is 10. The molecule has 0 aromatic heterocycles. The minimum absolute atomic E-state index is 0.0417. The Morgan fingerprint density at radius 2 is 1.83 bits per heavy atom. The molecule has 0 saturated heterocycles. The molecule has 0 aliphatic rings. The Morgan fingerprint density at radius 1 is 1.33 bits per heavy atom. The summed E-state index contributed by atoms with van der Waals surface area (Å²) < 4.78 is 11.1. The monoisotopic (exact) mass is 372 g/mol. The summed E-state index contributed by atoms with van der Waals surface area (Å²) in [5.41, 5.74) is 0.854. The molecule has 1 aromatic rings. The molecule has 1 rings (SSSR count). The summed E-state index contributed by atoms with van der Waals surface area (Å²) in [4.78, 5) is 22.1. The van der Waals surface area contributed by atoms with E-state index in [1.807, 2.05) is 0 Å². The van der Waals surface area contributed by atoms with Crippen LogP contribution in [0.4, 0.5) is 5.69 Å². The van der Waals surface area contributed by atoms with Crippen LogP contribution < -0.4 is 5.09 Å². The first-order valence-electron chi connectivity index (χ1n) is 7.35. The molecular weight excluding hydrogens is 351 g/mol. The summed E-state index contributed by atoms with van der Waals surface area (Å²) in [6.07, 6.45) is 0. The Morgan fingerprint density at radius 3 is 2.21 bits per heavy atom. The quantitative estimate of drug-likeness (QED) is 0.290. The normalized spacial score (nSPS) is 12.6. The van der Waals surface area contributed by atoms with Crippen molar-refractivity contribution in [3.8, 4) is 0 Å². The second-order valence-electron chi connectivity index (χ2n) is 4.83. The molecule has 7 nitrogen and oxygen atoms in total. The van der Waals surface area contributed by atoms with Gasteiger partial charge in [0.15, 0.2) is 5.78 Å². The third kappa shape index (κ3) is 5.58. The number of ketones is 1. The highest BCUT2D eigenvalue weighted by Gasteiger charge is 2.27. The van der Waals surface area contributed by atoms with Crippen LogP contribution >= 0.6 is 6.64 Å². The van der Waals surface area contributed by atoms with Crippen molar-refractivity contribution in [1.29, 1.82) is 0 Å². The molecule has 0 radical (unpaired) electrons. The van der Waals surface area contributed by atoms with Crippen LogP contribution in [0, 0.1) is 10.1 Å². The van der Waals surface area contributed by atoms with Crippen LogP contribution in [0.2, 0.25) is 0 Å². The number of Topliss-reactive ketones (excluding diaryl/α,β-unsaturated/α-hetero) is 1. The Hall–Kier alpha value is -1.44. The third-order valence-corrected chi connectivity index (χ3v) is 5.84. The molecule has 0 heterocycles. The molecule has 132 valence electrons. The van der Waals surface area contributed by atoms with Crippen LogP contribution in [0.1, 0.15) is 32.4 Å². The van der Waals surface area contributed by atoms with Crippen molar-refractivity contribution in [2.45, 2.75) is 26.8 Å². The van der Waals surface area contributed by atoms with E-state index in [4.69, 9.17) is 20.9 Å². The lowest BCUT2D eigenvalue weighted by Crippen LogP contribution is -2.25. The standard InChI is InChI=1S/C15H21N2O5PS/c1-5-21-23(24,22-6-2)16-15(11(3)12(4)18)13-7-9-14(10-8-13)17(19)20/h7-10,15H,3,5-6H2,1-2,4H3,(H,16,24). The number of benzene rings is 1. The molecule has 1 unspecified atom stereocenters. The molecule has 1 atom stereocenters. The zero-order valence-electron chi connectivity index (χ0n) is 13.9. The minimum Gasteiger partial charge on any atom is -0.318 e. The lowest BCUT2D eigenvalue weighted by molar-refractivity contribution is -0.384. The molecule has 0 fully saturated rings. The van der Waals surface area contributed by atoms with E-state index in [9.17, 15) is 14.9 Å². The highest BCUT2D eigenvalue weighted by molar-refractivity contribution is 8.09. The van der Waals surface area contributed by atoms with Crippen molar-refractivity contribution in [3.05, 3.63) is 52.1 Å². The van der Waals surface area contributed by atoms with Crippen LogP contribution in [0.15, 0.2) is 36.4 Å². The predicted octanol–water partition coefficient (Wildman–Crippen LogP) is 3.67. The van der Waals surface area contributed by atoms with Gasteiger partial charge in [-0.05, 0) is 38.1 Å². The van der Waals surface area contributed by atoms with Gasteiger partial charge < -0.3 is 9.05 Å². The molecule has 0 aliphatic heterocycles. The first-order chi connectivity index (χ1) is 11.2. The maximum atomic E-state index is 11.8. The zero-order chi connectivity index (χ0) is 18.3. The summed E-state index contributed by atoms with van der Waals surface area (Å²) in [5.74, 6) is -0.222. The van der Waals surface area contributed by atoms with E-state index in [1.165, 1.54) is 19.1 Å². The fraction of sp³-hybridized carbons (Fsp3) is 0.400. The van der Waals surface area contributed by atoms with Crippen molar-refractivity contribution in [2.24, 2.45) is 0 Å². The number of carbonyl (C=O) groups is 1. The molecule has 1 N–H and O–H groups in total. The summed E-state index contributed by atoms with van der Waals surface area (Å²) in [5, 5.41) is 13.9. The Labute approximate surface area is 146 Å². The van der Waals surface area contributed by atoms with E-state index < -0.39 is 17.6 Å². The van der Waals surface area contributed by atoms with Crippen molar-refractivity contribution < 1.29 is 18.8 Å². The van der Waals surface area contributed by atoms with Crippen molar-refractivity contribution >= 4 is 29.9 Å². The molecule has 0 saturated carbocycles. The fourth-order valence-corrected chi connectivity index (χ4v) is 4.43.